The third-order valence-electron chi connectivity index (χ3n) is 13.3. The SMILES string of the molecule is c1ccc(-c2cccc3c4ccccc4n(-c4ccc5oc6ccc(-c7ccc8c(c7)c7ccccc7n8-c7cncc(-n8c9ccccc9c9ccccc98)c7)cc6c5c4)c23)cc1. The lowest BCUT2D eigenvalue weighted by Crippen LogP contribution is -1.99. The van der Waals surface area contributed by atoms with Crippen LogP contribution in [0.25, 0.3) is 127 Å². The number of hydrogen-bond acceptors (Lipinski definition) is 2. The summed E-state index contributed by atoms with van der Waals surface area (Å²) in [4.78, 5) is 4.86. The summed E-state index contributed by atoms with van der Waals surface area (Å²) < 4.78 is 13.6. The van der Waals surface area contributed by atoms with E-state index in [0.29, 0.717) is 0 Å². The molecule has 0 fully saturated rings. The molecule has 5 heteroatoms. The number of nitrogens with zero attached hydrogens (tertiary/aromatic N) is 4. The van der Waals surface area contributed by atoms with E-state index in [0.717, 1.165) is 72.2 Å². The first-order valence-corrected chi connectivity index (χ1v) is 21.8. The van der Waals surface area contributed by atoms with E-state index in [-0.39, 0.29) is 0 Å². The predicted octanol–water partition coefficient (Wildman–Crippen LogP) is 15.6. The molecule has 5 nitrogen and oxygen atoms in total. The van der Waals surface area contributed by atoms with Crippen molar-refractivity contribution in [1.82, 2.24) is 18.7 Å². The molecule has 0 saturated heterocycles. The lowest BCUT2D eigenvalue weighted by molar-refractivity contribution is 0.669. The Morgan fingerprint density at radius 3 is 1.44 bits per heavy atom. The van der Waals surface area contributed by atoms with Gasteiger partial charge in [0.2, 0.25) is 0 Å². The Hall–Kier alpha value is -8.67. The summed E-state index contributed by atoms with van der Waals surface area (Å²) in [6, 6.07) is 74.4. The van der Waals surface area contributed by atoms with Gasteiger partial charge in [0.1, 0.15) is 11.2 Å². The summed E-state index contributed by atoms with van der Waals surface area (Å²) in [5.41, 5.74) is 16.5. The summed E-state index contributed by atoms with van der Waals surface area (Å²) in [7, 11) is 0. The van der Waals surface area contributed by atoms with E-state index < -0.39 is 0 Å². The molecule has 14 aromatic rings. The maximum Gasteiger partial charge on any atom is 0.135 e. The van der Waals surface area contributed by atoms with Gasteiger partial charge in [-0.1, -0.05) is 133 Å². The zero-order valence-corrected chi connectivity index (χ0v) is 34.5. The fraction of sp³-hybridized carbons (Fsp3) is 0. The van der Waals surface area contributed by atoms with Gasteiger partial charge in [-0.15, -0.1) is 0 Å². The van der Waals surface area contributed by atoms with Crippen molar-refractivity contribution in [2.45, 2.75) is 0 Å². The fourth-order valence-corrected chi connectivity index (χ4v) is 10.5. The molecule has 5 heterocycles. The van der Waals surface area contributed by atoms with Gasteiger partial charge < -0.3 is 18.1 Å². The van der Waals surface area contributed by atoms with Crippen LogP contribution in [-0.4, -0.2) is 18.7 Å². The van der Waals surface area contributed by atoms with E-state index in [1.165, 1.54) is 54.5 Å². The predicted molar refractivity (Wildman–Crippen MR) is 265 cm³/mol. The Labute approximate surface area is 366 Å². The second-order valence-electron chi connectivity index (χ2n) is 16.8. The van der Waals surface area contributed by atoms with Crippen LogP contribution in [0.15, 0.2) is 223 Å². The first-order valence-electron chi connectivity index (χ1n) is 21.8. The van der Waals surface area contributed by atoms with Gasteiger partial charge in [0.25, 0.3) is 0 Å². The third-order valence-corrected chi connectivity index (χ3v) is 13.3. The first kappa shape index (κ1) is 35.0. The molecule has 0 atom stereocenters. The van der Waals surface area contributed by atoms with Crippen molar-refractivity contribution >= 4 is 87.4 Å². The van der Waals surface area contributed by atoms with Crippen LogP contribution in [0.3, 0.4) is 0 Å². The summed E-state index contributed by atoms with van der Waals surface area (Å²) in [5.74, 6) is 0. The fourth-order valence-electron chi connectivity index (χ4n) is 10.5. The maximum atomic E-state index is 6.53. The molecular formula is C59H36N4O. The summed E-state index contributed by atoms with van der Waals surface area (Å²) >= 11 is 0. The number of benzene rings is 9. The number of furan rings is 1. The number of rotatable bonds is 5. The normalized spacial score (nSPS) is 12.1. The van der Waals surface area contributed by atoms with Crippen molar-refractivity contribution in [2.24, 2.45) is 0 Å². The maximum absolute atomic E-state index is 6.53. The minimum atomic E-state index is 0.871. The molecule has 0 bridgehead atoms. The Balaban J connectivity index is 0.914. The second kappa shape index (κ2) is 13.4. The Morgan fingerprint density at radius 2 is 0.781 bits per heavy atom. The van der Waals surface area contributed by atoms with Gasteiger partial charge >= 0.3 is 0 Å². The molecule has 0 saturated carbocycles. The molecule has 0 N–H and O–H groups in total. The Morgan fingerprint density at radius 1 is 0.297 bits per heavy atom. The molecule has 0 radical (unpaired) electrons. The van der Waals surface area contributed by atoms with Crippen LogP contribution in [0.5, 0.6) is 0 Å². The van der Waals surface area contributed by atoms with Crippen molar-refractivity contribution < 1.29 is 4.42 Å². The average Bonchev–Trinajstić information content (AvgIpc) is 4.10. The smallest absolute Gasteiger partial charge is 0.135 e. The van der Waals surface area contributed by atoms with E-state index >= 15 is 0 Å². The van der Waals surface area contributed by atoms with E-state index in [1.807, 2.05) is 12.4 Å². The van der Waals surface area contributed by atoms with Gasteiger partial charge in [-0.05, 0) is 89.5 Å². The van der Waals surface area contributed by atoms with Crippen LogP contribution >= 0.6 is 0 Å². The molecule has 9 aromatic carbocycles. The van der Waals surface area contributed by atoms with E-state index in [4.69, 9.17) is 9.40 Å². The third kappa shape index (κ3) is 5.03. The van der Waals surface area contributed by atoms with E-state index in [2.05, 4.69) is 220 Å². The lowest BCUT2D eigenvalue weighted by atomic mass is 10.0. The van der Waals surface area contributed by atoms with Gasteiger partial charge in [0.15, 0.2) is 0 Å². The van der Waals surface area contributed by atoms with Crippen LogP contribution in [-0.2, 0) is 0 Å². The lowest BCUT2D eigenvalue weighted by Gasteiger charge is -2.12. The van der Waals surface area contributed by atoms with Crippen LogP contribution in [0.1, 0.15) is 0 Å². The first-order chi connectivity index (χ1) is 31.7. The number of para-hydroxylation sites is 5. The van der Waals surface area contributed by atoms with Crippen LogP contribution < -0.4 is 0 Å². The zero-order valence-electron chi connectivity index (χ0n) is 34.5. The Bertz CT molecular complexity index is 4150. The largest absolute Gasteiger partial charge is 0.456 e. The van der Waals surface area contributed by atoms with Crippen LogP contribution in [0, 0.1) is 0 Å². The van der Waals surface area contributed by atoms with Crippen molar-refractivity contribution in [3.63, 3.8) is 0 Å². The van der Waals surface area contributed by atoms with Crippen LogP contribution in [0.4, 0.5) is 0 Å². The minimum absolute atomic E-state index is 0.871. The molecular weight excluding hydrogens is 781 g/mol. The number of hydrogen-bond donors (Lipinski definition) is 0. The Kier molecular flexibility index (Phi) is 7.33. The average molecular weight is 817 g/mol. The highest BCUT2D eigenvalue weighted by atomic mass is 16.3. The molecule has 0 spiro atoms. The van der Waals surface area contributed by atoms with Crippen molar-refractivity contribution in [1.29, 1.82) is 0 Å². The number of aromatic nitrogens is 4. The van der Waals surface area contributed by atoms with Gasteiger partial charge in [-0.2, -0.15) is 0 Å². The van der Waals surface area contributed by atoms with Crippen LogP contribution in [0.2, 0.25) is 0 Å². The molecule has 64 heavy (non-hydrogen) atoms. The minimum Gasteiger partial charge on any atom is -0.456 e. The van der Waals surface area contributed by atoms with Crippen molar-refractivity contribution in [3.8, 4) is 39.3 Å². The highest BCUT2D eigenvalue weighted by Crippen LogP contribution is 2.42. The topological polar surface area (TPSA) is 40.8 Å². The van der Waals surface area contributed by atoms with Crippen molar-refractivity contribution in [3.05, 3.63) is 219 Å². The molecule has 0 aliphatic carbocycles. The summed E-state index contributed by atoms with van der Waals surface area (Å²) in [5, 5.41) is 9.50. The molecule has 14 rings (SSSR count). The van der Waals surface area contributed by atoms with Gasteiger partial charge in [0, 0.05) is 54.3 Å². The van der Waals surface area contributed by atoms with E-state index in [1.54, 1.807) is 0 Å². The molecule has 0 aliphatic heterocycles. The number of pyridine rings is 1. The van der Waals surface area contributed by atoms with Gasteiger partial charge in [-0.3, -0.25) is 4.98 Å². The highest BCUT2D eigenvalue weighted by molar-refractivity contribution is 6.15. The molecule has 0 amide bonds. The molecule has 298 valence electrons. The van der Waals surface area contributed by atoms with Gasteiger partial charge in [-0.25, -0.2) is 0 Å². The quantitative estimate of drug-likeness (QED) is 0.174. The second-order valence-corrected chi connectivity index (χ2v) is 16.8. The molecule has 5 aromatic heterocycles. The van der Waals surface area contributed by atoms with Crippen molar-refractivity contribution in [2.75, 3.05) is 0 Å². The monoisotopic (exact) mass is 816 g/mol. The zero-order chi connectivity index (χ0) is 41.9. The number of fused-ring (bicyclic) bond motifs is 12. The summed E-state index contributed by atoms with van der Waals surface area (Å²) in [6.45, 7) is 0. The standard InChI is InChI=1S/C59H36N4O/c1-2-13-37(14-3-1)43-19-12-20-48-46-17-6-11-24-55(46)63(59(43)48)40-27-30-58-51(34-40)50-32-39(26-29-57(50)64-58)38-25-28-56-49(31-38)47-18-7-10-23-54(47)62(56)42-33-41(35-60-36-42)61-52-21-8-4-15-44(52)45-16-5-9-22-53(45)61/h1-36H. The highest BCUT2D eigenvalue weighted by Gasteiger charge is 2.20. The molecule has 0 aliphatic rings. The summed E-state index contributed by atoms with van der Waals surface area (Å²) in [6.07, 6.45) is 3.95. The van der Waals surface area contributed by atoms with Gasteiger partial charge in [0.05, 0.1) is 56.9 Å². The molecule has 0 unspecified atom stereocenters. The van der Waals surface area contributed by atoms with E-state index in [9.17, 15) is 0 Å².